The van der Waals surface area contributed by atoms with Gasteiger partial charge in [-0.15, -0.1) is 0 Å². The van der Waals surface area contributed by atoms with Crippen molar-refractivity contribution in [2.24, 2.45) is 0 Å². The van der Waals surface area contributed by atoms with Crippen LogP contribution in [-0.4, -0.2) is 41.8 Å². The molecular formula is C28H24ClNO6S. The number of halogens is 1. The summed E-state index contributed by atoms with van der Waals surface area (Å²) in [5.74, 6) is 0.177. The van der Waals surface area contributed by atoms with Crippen LogP contribution in [0.1, 0.15) is 28.4 Å². The highest BCUT2D eigenvalue weighted by Crippen LogP contribution is 2.35. The third kappa shape index (κ3) is 6.53. The Hall–Kier alpha value is -3.75. The highest BCUT2D eigenvalue weighted by Gasteiger charge is 2.35. The van der Waals surface area contributed by atoms with E-state index in [9.17, 15) is 14.4 Å². The maximum atomic E-state index is 12.9. The Morgan fingerprint density at radius 1 is 0.973 bits per heavy atom. The second-order valence-electron chi connectivity index (χ2n) is 8.01. The number of ether oxygens (including phenoxy) is 3. The van der Waals surface area contributed by atoms with E-state index in [0.717, 1.165) is 22.2 Å². The molecule has 1 fully saturated rings. The molecule has 0 saturated carbocycles. The lowest BCUT2D eigenvalue weighted by Gasteiger charge is -2.14. The summed E-state index contributed by atoms with van der Waals surface area (Å²) in [7, 11) is 0. The molecule has 0 atom stereocenters. The fourth-order valence-electron chi connectivity index (χ4n) is 3.47. The van der Waals surface area contributed by atoms with Crippen LogP contribution in [-0.2, 0) is 4.79 Å². The van der Waals surface area contributed by atoms with Crippen molar-refractivity contribution in [1.82, 2.24) is 4.90 Å². The molecular weight excluding hydrogens is 514 g/mol. The Bertz CT molecular complexity index is 1360. The van der Waals surface area contributed by atoms with Gasteiger partial charge in [0.05, 0.1) is 28.6 Å². The number of amides is 2. The maximum absolute atomic E-state index is 12.9. The first-order valence-electron chi connectivity index (χ1n) is 11.5. The van der Waals surface area contributed by atoms with Gasteiger partial charge >= 0.3 is 5.97 Å². The van der Waals surface area contributed by atoms with Crippen LogP contribution < -0.4 is 14.2 Å². The quantitative estimate of drug-likeness (QED) is 0.178. The Morgan fingerprint density at radius 2 is 1.73 bits per heavy atom. The van der Waals surface area contributed by atoms with Gasteiger partial charge in [0.1, 0.15) is 12.4 Å². The van der Waals surface area contributed by atoms with Gasteiger partial charge in [-0.1, -0.05) is 47.5 Å². The number of carbonyl (C=O) groups excluding carboxylic acids is 3. The monoisotopic (exact) mass is 537 g/mol. The van der Waals surface area contributed by atoms with Gasteiger partial charge < -0.3 is 14.2 Å². The molecule has 0 spiro atoms. The number of para-hydroxylation sites is 1. The van der Waals surface area contributed by atoms with Crippen molar-refractivity contribution in [1.29, 1.82) is 0 Å². The molecule has 7 nitrogen and oxygen atoms in total. The van der Waals surface area contributed by atoms with Crippen LogP contribution in [0.4, 0.5) is 4.79 Å². The molecule has 3 aromatic carbocycles. The largest absolute Gasteiger partial charge is 0.490 e. The van der Waals surface area contributed by atoms with Crippen molar-refractivity contribution >= 4 is 46.6 Å². The van der Waals surface area contributed by atoms with Crippen molar-refractivity contribution < 1.29 is 28.6 Å². The van der Waals surface area contributed by atoms with Crippen molar-refractivity contribution in [3.63, 3.8) is 0 Å². The Balaban J connectivity index is 1.45. The zero-order valence-corrected chi connectivity index (χ0v) is 21.8. The smallest absolute Gasteiger partial charge is 0.343 e. The number of imide groups is 1. The molecule has 9 heteroatoms. The molecule has 3 aromatic rings. The number of nitrogens with zero attached hydrogens (tertiary/aromatic N) is 1. The number of hydrogen-bond donors (Lipinski definition) is 0. The van der Waals surface area contributed by atoms with E-state index in [1.165, 1.54) is 0 Å². The highest BCUT2D eigenvalue weighted by molar-refractivity contribution is 8.18. The van der Waals surface area contributed by atoms with E-state index >= 15 is 0 Å². The average molecular weight is 538 g/mol. The fourth-order valence-corrected chi connectivity index (χ4v) is 4.52. The second kappa shape index (κ2) is 12.0. The van der Waals surface area contributed by atoms with E-state index in [2.05, 4.69) is 0 Å². The SMILES string of the molecule is CCOc1cc(/C=C2\SC(=O)N(CCOc3ccccc3Cl)C2=O)ccc1OC(=O)c1ccc(C)cc1. The predicted molar refractivity (Wildman–Crippen MR) is 143 cm³/mol. The minimum atomic E-state index is -0.506. The predicted octanol–water partition coefficient (Wildman–Crippen LogP) is 6.38. The molecule has 1 heterocycles. The van der Waals surface area contributed by atoms with Crippen molar-refractivity contribution in [3.8, 4) is 17.2 Å². The first-order chi connectivity index (χ1) is 17.9. The van der Waals surface area contributed by atoms with Crippen LogP contribution in [0.5, 0.6) is 17.2 Å². The Kier molecular flexibility index (Phi) is 8.53. The summed E-state index contributed by atoms with van der Waals surface area (Å²) in [6, 6.07) is 19.0. The Morgan fingerprint density at radius 3 is 2.46 bits per heavy atom. The molecule has 0 unspecified atom stereocenters. The molecule has 1 aliphatic rings. The summed E-state index contributed by atoms with van der Waals surface area (Å²) in [6.07, 6.45) is 1.61. The van der Waals surface area contributed by atoms with Crippen molar-refractivity contribution in [3.05, 3.63) is 93.3 Å². The average Bonchev–Trinajstić information content (AvgIpc) is 3.14. The van der Waals surface area contributed by atoms with Crippen LogP contribution in [0.3, 0.4) is 0 Å². The summed E-state index contributed by atoms with van der Waals surface area (Å²) in [5.41, 5.74) is 2.08. The zero-order chi connectivity index (χ0) is 26.4. The van der Waals surface area contributed by atoms with Gasteiger partial charge in [0.2, 0.25) is 0 Å². The maximum Gasteiger partial charge on any atom is 0.343 e. The summed E-state index contributed by atoms with van der Waals surface area (Å²) in [4.78, 5) is 39.3. The third-order valence-corrected chi connectivity index (χ3v) is 6.56. The van der Waals surface area contributed by atoms with Gasteiger partial charge in [-0.3, -0.25) is 14.5 Å². The third-order valence-electron chi connectivity index (χ3n) is 5.34. The van der Waals surface area contributed by atoms with Crippen LogP contribution in [0.2, 0.25) is 5.02 Å². The second-order valence-corrected chi connectivity index (χ2v) is 9.41. The minimum absolute atomic E-state index is 0.0886. The summed E-state index contributed by atoms with van der Waals surface area (Å²) in [6.45, 7) is 4.30. The molecule has 0 aromatic heterocycles. The summed E-state index contributed by atoms with van der Waals surface area (Å²) in [5, 5.41) is 0.0716. The standard InChI is InChI=1S/C28H24ClNO6S/c1-3-34-24-16-19(10-13-23(24)36-27(32)20-11-8-18(2)9-12-20)17-25-26(31)30(28(33)37-25)14-15-35-22-7-5-4-6-21(22)29/h4-13,16-17H,3,14-15H2,1-2H3/b25-17-. The van der Waals surface area contributed by atoms with E-state index in [1.54, 1.807) is 60.7 Å². The lowest BCUT2D eigenvalue weighted by Crippen LogP contribution is -2.32. The first kappa shape index (κ1) is 26.3. The minimum Gasteiger partial charge on any atom is -0.490 e. The number of benzene rings is 3. The fraction of sp³-hybridized carbons (Fsp3) is 0.179. The lowest BCUT2D eigenvalue weighted by molar-refractivity contribution is -0.123. The first-order valence-corrected chi connectivity index (χ1v) is 12.7. The van der Waals surface area contributed by atoms with E-state index in [-0.39, 0.29) is 29.0 Å². The number of rotatable bonds is 9. The van der Waals surface area contributed by atoms with E-state index in [4.69, 9.17) is 25.8 Å². The Labute approximate surface area is 224 Å². The number of esters is 1. The summed E-state index contributed by atoms with van der Waals surface area (Å²) >= 11 is 6.93. The molecule has 190 valence electrons. The molecule has 4 rings (SSSR count). The number of aryl methyl sites for hydroxylation is 1. The summed E-state index contributed by atoms with van der Waals surface area (Å²) < 4.78 is 16.8. The molecule has 0 aliphatic carbocycles. The van der Waals surface area contributed by atoms with Crippen LogP contribution in [0, 0.1) is 6.92 Å². The molecule has 2 amide bonds. The highest BCUT2D eigenvalue weighted by atomic mass is 35.5. The van der Waals surface area contributed by atoms with Crippen LogP contribution >= 0.6 is 23.4 Å². The molecule has 37 heavy (non-hydrogen) atoms. The van der Waals surface area contributed by atoms with E-state index < -0.39 is 11.9 Å². The van der Waals surface area contributed by atoms with Gasteiger partial charge in [0, 0.05) is 0 Å². The zero-order valence-electron chi connectivity index (χ0n) is 20.2. The molecule has 0 N–H and O–H groups in total. The van der Waals surface area contributed by atoms with Gasteiger partial charge in [0.25, 0.3) is 11.1 Å². The van der Waals surface area contributed by atoms with Crippen LogP contribution in [0.25, 0.3) is 6.08 Å². The van der Waals surface area contributed by atoms with Gasteiger partial charge in [-0.2, -0.15) is 0 Å². The van der Waals surface area contributed by atoms with Crippen molar-refractivity contribution in [2.45, 2.75) is 13.8 Å². The number of carbonyl (C=O) groups is 3. The van der Waals surface area contributed by atoms with Gasteiger partial charge in [-0.05, 0) is 73.6 Å². The van der Waals surface area contributed by atoms with Gasteiger partial charge in [0.15, 0.2) is 11.5 Å². The normalized spacial score (nSPS) is 14.2. The number of thioether (sulfide) groups is 1. The molecule has 0 radical (unpaired) electrons. The van der Waals surface area contributed by atoms with Gasteiger partial charge in [-0.25, -0.2) is 4.79 Å². The lowest BCUT2D eigenvalue weighted by atomic mass is 10.1. The van der Waals surface area contributed by atoms with Crippen molar-refractivity contribution in [2.75, 3.05) is 19.8 Å². The topological polar surface area (TPSA) is 82.1 Å². The molecule has 1 aliphatic heterocycles. The number of hydrogen-bond acceptors (Lipinski definition) is 7. The molecule has 0 bridgehead atoms. The molecule has 1 saturated heterocycles. The van der Waals surface area contributed by atoms with E-state index in [1.807, 2.05) is 26.0 Å². The van der Waals surface area contributed by atoms with Crippen LogP contribution in [0.15, 0.2) is 71.6 Å². The van der Waals surface area contributed by atoms with E-state index in [0.29, 0.717) is 34.3 Å².